The fourth-order valence-electron chi connectivity index (χ4n) is 2.48. The van der Waals surface area contributed by atoms with Gasteiger partial charge >= 0.3 is 0 Å². The van der Waals surface area contributed by atoms with Crippen molar-refractivity contribution < 1.29 is 9.18 Å². The average molecular weight is 259 g/mol. The molecule has 1 atom stereocenters. The molecule has 98 valence electrons. The Balaban J connectivity index is 1.75. The topological polar surface area (TPSA) is 38.1 Å². The first-order valence-electron chi connectivity index (χ1n) is 6.24. The zero-order valence-electron chi connectivity index (χ0n) is 10.4. The Morgan fingerprint density at radius 3 is 3.05 bits per heavy atom. The van der Waals surface area contributed by atoms with E-state index >= 15 is 0 Å². The summed E-state index contributed by atoms with van der Waals surface area (Å²) in [5.74, 6) is -0.461. The maximum atomic E-state index is 13.2. The lowest BCUT2D eigenvalue weighted by atomic mass is 9.98. The van der Waals surface area contributed by atoms with Gasteiger partial charge in [-0.3, -0.25) is 4.79 Å². The number of imidazole rings is 1. The second-order valence-corrected chi connectivity index (χ2v) is 4.72. The number of nitrogens with zero attached hydrogens (tertiary/aromatic N) is 3. The number of likely N-dealkylation sites (tertiary alicyclic amines) is 1. The number of carbonyl (C=O) groups excluding carboxylic acids is 1. The van der Waals surface area contributed by atoms with Crippen LogP contribution < -0.4 is 0 Å². The molecule has 1 amide bonds. The van der Waals surface area contributed by atoms with E-state index in [-0.39, 0.29) is 17.6 Å². The highest BCUT2D eigenvalue weighted by Crippen LogP contribution is 2.29. The molecule has 0 bridgehead atoms. The van der Waals surface area contributed by atoms with Gasteiger partial charge in [0.2, 0.25) is 5.91 Å². The lowest BCUT2D eigenvalue weighted by molar-refractivity contribution is -0.130. The van der Waals surface area contributed by atoms with Crippen LogP contribution in [0.3, 0.4) is 0 Å². The molecule has 1 aromatic carbocycles. The van der Waals surface area contributed by atoms with Crippen molar-refractivity contribution in [3.63, 3.8) is 0 Å². The molecule has 1 fully saturated rings. The minimum absolute atomic E-state index is 0.0549. The highest BCUT2D eigenvalue weighted by molar-refractivity contribution is 5.85. The number of carbonyl (C=O) groups is 1. The van der Waals surface area contributed by atoms with Crippen LogP contribution in [0.5, 0.6) is 0 Å². The van der Waals surface area contributed by atoms with E-state index in [1.165, 1.54) is 12.1 Å². The normalized spacial score (nSPS) is 19.1. The Hall–Kier alpha value is -2.17. The lowest BCUT2D eigenvalue weighted by Crippen LogP contribution is -2.28. The Labute approximate surface area is 110 Å². The quantitative estimate of drug-likeness (QED) is 0.845. The van der Waals surface area contributed by atoms with Gasteiger partial charge in [0.05, 0.1) is 18.9 Å². The molecular weight excluding hydrogens is 245 g/mol. The molecule has 1 aliphatic heterocycles. The van der Waals surface area contributed by atoms with Crippen molar-refractivity contribution >= 4 is 5.91 Å². The molecule has 0 aliphatic carbocycles. The van der Waals surface area contributed by atoms with Gasteiger partial charge in [-0.1, -0.05) is 12.1 Å². The fraction of sp³-hybridized carbons (Fsp3) is 0.286. The van der Waals surface area contributed by atoms with Crippen LogP contribution in [0.25, 0.3) is 0 Å². The Kier molecular flexibility index (Phi) is 3.03. The van der Waals surface area contributed by atoms with Gasteiger partial charge in [0.1, 0.15) is 5.82 Å². The van der Waals surface area contributed by atoms with Gasteiger partial charge in [-0.25, -0.2) is 9.37 Å². The third kappa shape index (κ3) is 2.36. The van der Waals surface area contributed by atoms with E-state index in [4.69, 9.17) is 0 Å². The summed E-state index contributed by atoms with van der Waals surface area (Å²) in [5.41, 5.74) is 0.762. The van der Waals surface area contributed by atoms with Crippen molar-refractivity contribution in [1.29, 1.82) is 0 Å². The van der Waals surface area contributed by atoms with Crippen molar-refractivity contribution in [2.45, 2.75) is 19.0 Å². The van der Waals surface area contributed by atoms with Crippen molar-refractivity contribution in [2.75, 3.05) is 6.54 Å². The highest BCUT2D eigenvalue weighted by Gasteiger charge is 2.32. The first-order chi connectivity index (χ1) is 9.24. The average Bonchev–Trinajstić information content (AvgIpc) is 3.01. The number of benzene rings is 1. The van der Waals surface area contributed by atoms with Crippen molar-refractivity contribution in [1.82, 2.24) is 14.5 Å². The Morgan fingerprint density at radius 2 is 2.32 bits per heavy atom. The zero-order valence-corrected chi connectivity index (χ0v) is 10.4. The van der Waals surface area contributed by atoms with Gasteiger partial charge < -0.3 is 9.47 Å². The monoisotopic (exact) mass is 259 g/mol. The van der Waals surface area contributed by atoms with Crippen LogP contribution in [-0.2, 0) is 11.5 Å². The summed E-state index contributed by atoms with van der Waals surface area (Å²) >= 11 is 0. The van der Waals surface area contributed by atoms with Gasteiger partial charge in [0.25, 0.3) is 0 Å². The molecule has 1 unspecified atom stereocenters. The van der Waals surface area contributed by atoms with E-state index in [9.17, 15) is 9.18 Å². The minimum atomic E-state index is -0.293. The lowest BCUT2D eigenvalue weighted by Gasteiger charge is -2.17. The van der Waals surface area contributed by atoms with Crippen LogP contribution in [0.15, 0.2) is 43.0 Å². The highest BCUT2D eigenvalue weighted by atomic mass is 19.1. The van der Waals surface area contributed by atoms with Crippen LogP contribution in [0, 0.1) is 5.82 Å². The van der Waals surface area contributed by atoms with Crippen LogP contribution >= 0.6 is 0 Å². The van der Waals surface area contributed by atoms with Crippen LogP contribution in [-0.4, -0.2) is 26.9 Å². The van der Waals surface area contributed by atoms with Gasteiger partial charge in [-0.15, -0.1) is 0 Å². The third-order valence-electron chi connectivity index (χ3n) is 3.44. The Morgan fingerprint density at radius 1 is 1.42 bits per heavy atom. The second kappa shape index (κ2) is 4.84. The van der Waals surface area contributed by atoms with E-state index in [0.29, 0.717) is 13.2 Å². The Bertz CT molecular complexity index is 582. The van der Waals surface area contributed by atoms with E-state index in [1.807, 2.05) is 16.8 Å². The van der Waals surface area contributed by atoms with Crippen molar-refractivity contribution in [3.8, 4) is 0 Å². The molecule has 3 rings (SSSR count). The predicted molar refractivity (Wildman–Crippen MR) is 67.7 cm³/mol. The van der Waals surface area contributed by atoms with E-state index in [2.05, 4.69) is 4.98 Å². The maximum absolute atomic E-state index is 13.2. The molecule has 1 aliphatic rings. The summed E-state index contributed by atoms with van der Waals surface area (Å²) in [5, 5.41) is 0. The molecule has 1 saturated heterocycles. The van der Waals surface area contributed by atoms with Crippen LogP contribution in [0.4, 0.5) is 4.39 Å². The summed E-state index contributed by atoms with van der Waals surface area (Å²) in [4.78, 5) is 18.0. The van der Waals surface area contributed by atoms with Crippen molar-refractivity contribution in [2.24, 2.45) is 0 Å². The predicted octanol–water partition coefficient (Wildman–Crippen LogP) is 2.00. The van der Waals surface area contributed by atoms with Gasteiger partial charge in [0.15, 0.2) is 0 Å². The number of amides is 1. The second-order valence-electron chi connectivity index (χ2n) is 4.72. The number of hydrogen-bond acceptors (Lipinski definition) is 2. The number of rotatable bonds is 3. The first-order valence-corrected chi connectivity index (χ1v) is 6.24. The summed E-state index contributed by atoms with van der Waals surface area (Å²) in [7, 11) is 0. The number of hydrogen-bond donors (Lipinski definition) is 0. The van der Waals surface area contributed by atoms with Gasteiger partial charge in [-0.05, 0) is 24.1 Å². The molecule has 4 nitrogen and oxygen atoms in total. The molecule has 0 N–H and O–H groups in total. The van der Waals surface area contributed by atoms with E-state index in [0.717, 1.165) is 12.0 Å². The van der Waals surface area contributed by atoms with E-state index < -0.39 is 0 Å². The molecule has 5 heteroatoms. The molecule has 19 heavy (non-hydrogen) atoms. The molecule has 2 aromatic rings. The summed E-state index contributed by atoms with van der Waals surface area (Å²) in [6.45, 7) is 1.20. The molecular formula is C14H14FN3O. The maximum Gasteiger partial charge on any atom is 0.231 e. The number of halogens is 1. The third-order valence-corrected chi connectivity index (χ3v) is 3.44. The first kappa shape index (κ1) is 11.9. The standard InChI is InChI=1S/C14H14FN3O/c15-12-3-1-2-11(8-12)13-4-6-18(14(13)19)10-17-7-5-16-9-17/h1-3,5,7-9,13H,4,6,10H2. The summed E-state index contributed by atoms with van der Waals surface area (Å²) in [6.07, 6.45) is 5.92. The fourth-order valence-corrected chi connectivity index (χ4v) is 2.48. The number of aromatic nitrogens is 2. The van der Waals surface area contributed by atoms with E-state index in [1.54, 1.807) is 23.5 Å². The molecule has 0 radical (unpaired) electrons. The molecule has 0 spiro atoms. The minimum Gasteiger partial charge on any atom is -0.324 e. The van der Waals surface area contributed by atoms with Crippen LogP contribution in [0.2, 0.25) is 0 Å². The van der Waals surface area contributed by atoms with Crippen LogP contribution in [0.1, 0.15) is 17.9 Å². The summed E-state index contributed by atoms with van der Waals surface area (Å²) in [6, 6.07) is 6.30. The van der Waals surface area contributed by atoms with Gasteiger partial charge in [-0.2, -0.15) is 0 Å². The van der Waals surface area contributed by atoms with Crippen molar-refractivity contribution in [3.05, 3.63) is 54.4 Å². The SMILES string of the molecule is O=C1C(c2cccc(F)c2)CCN1Cn1ccnc1. The summed E-state index contributed by atoms with van der Waals surface area (Å²) < 4.78 is 15.1. The molecule has 0 saturated carbocycles. The molecule has 1 aromatic heterocycles. The smallest absolute Gasteiger partial charge is 0.231 e. The largest absolute Gasteiger partial charge is 0.324 e. The zero-order chi connectivity index (χ0) is 13.2. The van der Waals surface area contributed by atoms with Gasteiger partial charge in [0, 0.05) is 18.9 Å². The molecule has 2 heterocycles.